The second kappa shape index (κ2) is 6.52. The van der Waals surface area contributed by atoms with Crippen molar-refractivity contribution >= 4 is 17.6 Å². The number of thioether (sulfide) groups is 1. The SMILES string of the molecule is N=C(N)C(CSc1ccc(F)cc1F)c1ccccc1. The van der Waals surface area contributed by atoms with Crippen LogP contribution in [-0.2, 0) is 0 Å². The van der Waals surface area contributed by atoms with E-state index in [9.17, 15) is 8.78 Å². The Labute approximate surface area is 120 Å². The molecule has 2 nitrogen and oxygen atoms in total. The molecular formula is C15H14F2N2S. The predicted molar refractivity (Wildman–Crippen MR) is 78.2 cm³/mol. The largest absolute Gasteiger partial charge is 0.387 e. The Morgan fingerprint density at radius 1 is 1.15 bits per heavy atom. The summed E-state index contributed by atoms with van der Waals surface area (Å²) in [6.07, 6.45) is 0. The van der Waals surface area contributed by atoms with Crippen molar-refractivity contribution in [3.05, 3.63) is 65.7 Å². The molecule has 0 heterocycles. The van der Waals surface area contributed by atoms with E-state index in [4.69, 9.17) is 11.1 Å². The molecule has 0 spiro atoms. The molecule has 0 aromatic heterocycles. The average molecular weight is 292 g/mol. The van der Waals surface area contributed by atoms with Crippen molar-refractivity contribution < 1.29 is 8.78 Å². The van der Waals surface area contributed by atoms with Gasteiger partial charge < -0.3 is 5.73 Å². The van der Waals surface area contributed by atoms with Crippen LogP contribution >= 0.6 is 11.8 Å². The van der Waals surface area contributed by atoms with Crippen molar-refractivity contribution in [2.75, 3.05) is 5.75 Å². The molecule has 1 atom stereocenters. The minimum atomic E-state index is -0.599. The molecule has 2 aromatic rings. The summed E-state index contributed by atoms with van der Waals surface area (Å²) in [6, 6.07) is 12.9. The van der Waals surface area contributed by atoms with Gasteiger partial charge in [-0.25, -0.2) is 8.78 Å². The van der Waals surface area contributed by atoms with Gasteiger partial charge in [-0.15, -0.1) is 11.8 Å². The minimum Gasteiger partial charge on any atom is -0.387 e. The number of rotatable bonds is 5. The van der Waals surface area contributed by atoms with Gasteiger partial charge >= 0.3 is 0 Å². The van der Waals surface area contributed by atoms with Crippen molar-refractivity contribution in [3.8, 4) is 0 Å². The van der Waals surface area contributed by atoms with Gasteiger partial charge in [-0.1, -0.05) is 30.3 Å². The first-order valence-corrected chi connectivity index (χ1v) is 7.03. The molecule has 2 aromatic carbocycles. The molecule has 3 N–H and O–H groups in total. The first-order valence-electron chi connectivity index (χ1n) is 6.04. The van der Waals surface area contributed by atoms with E-state index >= 15 is 0 Å². The van der Waals surface area contributed by atoms with E-state index in [0.717, 1.165) is 11.6 Å². The van der Waals surface area contributed by atoms with E-state index in [2.05, 4.69) is 0 Å². The lowest BCUT2D eigenvalue weighted by Crippen LogP contribution is -2.22. The fourth-order valence-corrected chi connectivity index (χ4v) is 2.90. The molecule has 5 heteroatoms. The lowest BCUT2D eigenvalue weighted by Gasteiger charge is -2.15. The molecular weight excluding hydrogens is 278 g/mol. The highest BCUT2D eigenvalue weighted by Gasteiger charge is 2.16. The fraction of sp³-hybridized carbons (Fsp3) is 0.133. The van der Waals surface area contributed by atoms with Crippen LogP contribution in [0.2, 0.25) is 0 Å². The number of hydrogen-bond acceptors (Lipinski definition) is 2. The number of benzene rings is 2. The van der Waals surface area contributed by atoms with Gasteiger partial charge in [0.1, 0.15) is 11.6 Å². The molecule has 104 valence electrons. The summed E-state index contributed by atoms with van der Waals surface area (Å²) in [5.41, 5.74) is 6.52. The maximum atomic E-state index is 13.6. The Hall–Kier alpha value is -1.88. The van der Waals surface area contributed by atoms with Gasteiger partial charge in [0, 0.05) is 16.7 Å². The summed E-state index contributed by atoms with van der Waals surface area (Å²) >= 11 is 1.22. The molecule has 20 heavy (non-hydrogen) atoms. The van der Waals surface area contributed by atoms with Crippen LogP contribution in [0.25, 0.3) is 0 Å². The van der Waals surface area contributed by atoms with E-state index < -0.39 is 11.6 Å². The van der Waals surface area contributed by atoms with Gasteiger partial charge in [0.25, 0.3) is 0 Å². The number of nitrogens with one attached hydrogen (secondary N) is 1. The molecule has 0 aliphatic rings. The molecule has 0 amide bonds. The zero-order valence-electron chi connectivity index (χ0n) is 10.6. The topological polar surface area (TPSA) is 49.9 Å². The molecule has 1 unspecified atom stereocenters. The van der Waals surface area contributed by atoms with E-state index in [-0.39, 0.29) is 11.8 Å². The lowest BCUT2D eigenvalue weighted by molar-refractivity contribution is 0.565. The van der Waals surface area contributed by atoms with Gasteiger partial charge in [0.15, 0.2) is 0 Å². The van der Waals surface area contributed by atoms with Crippen molar-refractivity contribution in [1.29, 1.82) is 5.41 Å². The molecule has 0 fully saturated rings. The smallest absolute Gasteiger partial charge is 0.139 e. The summed E-state index contributed by atoms with van der Waals surface area (Å²) in [6.45, 7) is 0. The Morgan fingerprint density at radius 2 is 1.85 bits per heavy atom. The lowest BCUT2D eigenvalue weighted by atomic mass is 10.0. The second-order valence-corrected chi connectivity index (χ2v) is 5.37. The number of nitrogens with two attached hydrogens (primary N) is 1. The summed E-state index contributed by atoms with van der Waals surface area (Å²) in [4.78, 5) is 0.355. The minimum absolute atomic E-state index is 0.0335. The van der Waals surface area contributed by atoms with Crippen LogP contribution in [0.1, 0.15) is 11.5 Å². The molecule has 0 aliphatic carbocycles. The maximum Gasteiger partial charge on any atom is 0.139 e. The molecule has 0 saturated carbocycles. The van der Waals surface area contributed by atoms with Gasteiger partial charge in [-0.05, 0) is 17.7 Å². The molecule has 0 bridgehead atoms. The van der Waals surface area contributed by atoms with Crippen LogP contribution in [0.3, 0.4) is 0 Å². The van der Waals surface area contributed by atoms with E-state index in [1.54, 1.807) is 0 Å². The van der Waals surface area contributed by atoms with Gasteiger partial charge in [-0.3, -0.25) is 5.41 Å². The van der Waals surface area contributed by atoms with Crippen molar-refractivity contribution in [2.45, 2.75) is 10.8 Å². The Morgan fingerprint density at radius 3 is 2.45 bits per heavy atom. The molecule has 0 saturated heterocycles. The number of hydrogen-bond donors (Lipinski definition) is 2. The van der Waals surface area contributed by atoms with Crippen LogP contribution in [-0.4, -0.2) is 11.6 Å². The van der Waals surface area contributed by atoms with E-state index in [0.29, 0.717) is 10.6 Å². The van der Waals surface area contributed by atoms with E-state index in [1.165, 1.54) is 23.9 Å². The normalized spacial score (nSPS) is 12.1. The first kappa shape index (κ1) is 14.5. The van der Waals surface area contributed by atoms with Crippen LogP contribution in [0.5, 0.6) is 0 Å². The maximum absolute atomic E-state index is 13.6. The first-order chi connectivity index (χ1) is 9.58. The highest BCUT2D eigenvalue weighted by molar-refractivity contribution is 7.99. The van der Waals surface area contributed by atoms with Crippen LogP contribution in [0, 0.1) is 17.0 Å². The molecule has 0 aliphatic heterocycles. The van der Waals surface area contributed by atoms with Crippen LogP contribution < -0.4 is 5.73 Å². The quantitative estimate of drug-likeness (QED) is 0.500. The van der Waals surface area contributed by atoms with Gasteiger partial charge in [0.2, 0.25) is 0 Å². The highest BCUT2D eigenvalue weighted by Crippen LogP contribution is 2.28. The molecule has 2 rings (SSSR count). The fourth-order valence-electron chi connectivity index (χ4n) is 1.82. The van der Waals surface area contributed by atoms with E-state index in [1.807, 2.05) is 30.3 Å². The van der Waals surface area contributed by atoms with Crippen molar-refractivity contribution in [1.82, 2.24) is 0 Å². The van der Waals surface area contributed by atoms with Crippen LogP contribution in [0.4, 0.5) is 8.78 Å². The van der Waals surface area contributed by atoms with Crippen molar-refractivity contribution in [2.24, 2.45) is 5.73 Å². The third-order valence-corrected chi connectivity index (χ3v) is 4.02. The highest BCUT2D eigenvalue weighted by atomic mass is 32.2. The van der Waals surface area contributed by atoms with Gasteiger partial charge in [0.05, 0.1) is 11.8 Å². The van der Waals surface area contributed by atoms with Crippen molar-refractivity contribution in [3.63, 3.8) is 0 Å². The number of halogens is 2. The zero-order valence-corrected chi connectivity index (χ0v) is 11.5. The van der Waals surface area contributed by atoms with Gasteiger partial charge in [-0.2, -0.15) is 0 Å². The second-order valence-electron chi connectivity index (χ2n) is 4.30. The standard InChI is InChI=1S/C15H14F2N2S/c16-11-6-7-14(13(17)8-11)20-9-12(15(18)19)10-4-2-1-3-5-10/h1-8,12H,9H2,(H3,18,19). The third-order valence-electron chi connectivity index (χ3n) is 2.88. The summed E-state index contributed by atoms with van der Waals surface area (Å²) in [5, 5.41) is 7.65. The summed E-state index contributed by atoms with van der Waals surface area (Å²) < 4.78 is 26.4. The Balaban J connectivity index is 2.12. The average Bonchev–Trinajstić information content (AvgIpc) is 2.42. The monoisotopic (exact) mass is 292 g/mol. The Kier molecular flexibility index (Phi) is 4.74. The summed E-state index contributed by atoms with van der Waals surface area (Å²) in [7, 11) is 0. The summed E-state index contributed by atoms with van der Waals surface area (Å²) in [5.74, 6) is -1.01. The Bertz CT molecular complexity index is 602. The predicted octanol–water partition coefficient (Wildman–Crippen LogP) is 3.78. The van der Waals surface area contributed by atoms with Crippen LogP contribution in [0.15, 0.2) is 53.4 Å². The molecule has 0 radical (unpaired) electrons. The number of amidine groups is 1. The zero-order chi connectivity index (χ0) is 14.5. The third kappa shape index (κ3) is 3.57.